The van der Waals surface area contributed by atoms with Gasteiger partial charge in [-0.2, -0.15) is 0 Å². The smallest absolute Gasteiger partial charge is 0.255 e. The van der Waals surface area contributed by atoms with Crippen LogP contribution in [0.25, 0.3) is 10.9 Å². The molecular weight excluding hydrogens is 326 g/mol. The maximum Gasteiger partial charge on any atom is 0.255 e. The molecule has 122 valence electrons. The average Bonchev–Trinajstić information content (AvgIpc) is 2.61. The predicted octanol–water partition coefficient (Wildman–Crippen LogP) is 2.40. The van der Waals surface area contributed by atoms with Gasteiger partial charge in [0, 0.05) is 10.9 Å². The summed E-state index contributed by atoms with van der Waals surface area (Å²) in [5.74, 6) is -0.333. The summed E-state index contributed by atoms with van der Waals surface area (Å²) in [6, 6.07) is 15.1. The van der Waals surface area contributed by atoms with Crippen molar-refractivity contribution in [3.63, 3.8) is 0 Å². The number of carbonyl (C=O) groups is 1. The van der Waals surface area contributed by atoms with Gasteiger partial charge in [0.05, 0.1) is 22.3 Å². The number of amides is 1. The van der Waals surface area contributed by atoms with Crippen LogP contribution in [0.3, 0.4) is 0 Å². The van der Waals surface area contributed by atoms with Gasteiger partial charge in [0.15, 0.2) is 0 Å². The van der Waals surface area contributed by atoms with Gasteiger partial charge in [-0.25, -0.2) is 13.1 Å². The van der Waals surface area contributed by atoms with Crippen LogP contribution in [0.2, 0.25) is 0 Å². The minimum Gasteiger partial charge on any atom is -0.321 e. The van der Waals surface area contributed by atoms with Gasteiger partial charge in [-0.15, -0.1) is 0 Å². The van der Waals surface area contributed by atoms with Crippen molar-refractivity contribution in [3.05, 3.63) is 66.4 Å². The second-order valence-corrected chi connectivity index (χ2v) is 6.99. The highest BCUT2D eigenvalue weighted by Gasteiger charge is 2.13. The number of hydrogen-bond acceptors (Lipinski definition) is 4. The highest BCUT2D eigenvalue weighted by Crippen LogP contribution is 2.17. The molecule has 0 radical (unpaired) electrons. The van der Waals surface area contributed by atoms with Crippen molar-refractivity contribution in [2.45, 2.75) is 4.90 Å². The number of nitrogens with one attached hydrogen (secondary N) is 2. The maximum absolute atomic E-state index is 12.3. The van der Waals surface area contributed by atoms with Crippen molar-refractivity contribution in [1.29, 1.82) is 0 Å². The maximum atomic E-state index is 12.3. The van der Waals surface area contributed by atoms with E-state index in [1.54, 1.807) is 6.20 Å². The van der Waals surface area contributed by atoms with Gasteiger partial charge in [0.25, 0.3) is 5.91 Å². The first kappa shape index (κ1) is 16.1. The summed E-state index contributed by atoms with van der Waals surface area (Å²) >= 11 is 0. The van der Waals surface area contributed by atoms with E-state index in [-0.39, 0.29) is 10.8 Å². The third-order valence-corrected chi connectivity index (χ3v) is 4.97. The Balaban J connectivity index is 1.81. The van der Waals surface area contributed by atoms with Crippen molar-refractivity contribution in [3.8, 4) is 0 Å². The first-order valence-corrected chi connectivity index (χ1v) is 8.68. The minimum absolute atomic E-state index is 0.105. The van der Waals surface area contributed by atoms with Gasteiger partial charge < -0.3 is 5.32 Å². The van der Waals surface area contributed by atoms with E-state index in [0.29, 0.717) is 11.3 Å². The summed E-state index contributed by atoms with van der Waals surface area (Å²) in [5.41, 5.74) is 1.78. The lowest BCUT2D eigenvalue weighted by Gasteiger charge is -2.07. The van der Waals surface area contributed by atoms with E-state index in [9.17, 15) is 13.2 Å². The summed E-state index contributed by atoms with van der Waals surface area (Å²) in [5, 5.41) is 3.68. The summed E-state index contributed by atoms with van der Waals surface area (Å²) in [6.45, 7) is 0. The molecular formula is C17H15N3O3S. The SMILES string of the molecule is CNS(=O)(=O)c1ccc(C(=O)Nc2cnc3ccccc3c2)cc1. The second kappa shape index (κ2) is 6.38. The van der Waals surface area contributed by atoms with Crippen molar-refractivity contribution in [2.24, 2.45) is 0 Å². The molecule has 1 heterocycles. The Morgan fingerprint density at radius 3 is 2.46 bits per heavy atom. The highest BCUT2D eigenvalue weighted by atomic mass is 32.2. The van der Waals surface area contributed by atoms with Gasteiger partial charge in [-0.1, -0.05) is 18.2 Å². The van der Waals surface area contributed by atoms with Gasteiger partial charge in [0.1, 0.15) is 0 Å². The average molecular weight is 341 g/mol. The van der Waals surface area contributed by atoms with E-state index in [2.05, 4.69) is 15.0 Å². The lowest BCUT2D eigenvalue weighted by atomic mass is 10.2. The second-order valence-electron chi connectivity index (χ2n) is 5.10. The van der Waals surface area contributed by atoms with Crippen molar-refractivity contribution in [1.82, 2.24) is 9.71 Å². The Labute approximate surface area is 139 Å². The number of anilines is 1. The number of hydrogen-bond donors (Lipinski definition) is 2. The van der Waals surface area contributed by atoms with E-state index in [4.69, 9.17) is 0 Å². The fourth-order valence-electron chi connectivity index (χ4n) is 2.25. The van der Waals surface area contributed by atoms with E-state index < -0.39 is 10.0 Å². The normalized spacial score (nSPS) is 11.4. The first-order valence-electron chi connectivity index (χ1n) is 7.19. The number of fused-ring (bicyclic) bond motifs is 1. The topological polar surface area (TPSA) is 88.2 Å². The van der Waals surface area contributed by atoms with Gasteiger partial charge in [0.2, 0.25) is 10.0 Å². The molecule has 0 aliphatic heterocycles. The molecule has 7 heteroatoms. The van der Waals surface area contributed by atoms with Gasteiger partial charge in [-0.3, -0.25) is 9.78 Å². The first-order chi connectivity index (χ1) is 11.5. The molecule has 0 saturated carbocycles. The standard InChI is InChI=1S/C17H15N3O3S/c1-18-24(22,23)15-8-6-12(7-9-15)17(21)20-14-10-13-4-2-3-5-16(13)19-11-14/h2-11,18H,1H3,(H,20,21). The van der Waals surface area contributed by atoms with Crippen LogP contribution in [0.5, 0.6) is 0 Å². The molecule has 0 unspecified atom stereocenters. The zero-order chi connectivity index (χ0) is 17.2. The van der Waals surface area contributed by atoms with E-state index >= 15 is 0 Å². The molecule has 0 saturated heterocycles. The van der Waals surface area contributed by atoms with Crippen molar-refractivity contribution < 1.29 is 13.2 Å². The Morgan fingerprint density at radius 2 is 1.75 bits per heavy atom. The van der Waals surface area contributed by atoms with E-state index in [1.807, 2.05) is 30.3 Å². The van der Waals surface area contributed by atoms with Crippen LogP contribution in [-0.4, -0.2) is 26.4 Å². The predicted molar refractivity (Wildman–Crippen MR) is 92.4 cm³/mol. The number of aromatic nitrogens is 1. The third-order valence-electron chi connectivity index (χ3n) is 3.54. The molecule has 2 aromatic carbocycles. The molecule has 0 spiro atoms. The van der Waals surface area contributed by atoms with Gasteiger partial charge in [-0.05, 0) is 43.4 Å². The molecule has 0 aliphatic rings. The molecule has 3 rings (SSSR count). The molecule has 0 bridgehead atoms. The number of nitrogens with zero attached hydrogens (tertiary/aromatic N) is 1. The Hall–Kier alpha value is -2.77. The van der Waals surface area contributed by atoms with Crippen LogP contribution < -0.4 is 10.0 Å². The summed E-state index contributed by atoms with van der Waals surface area (Å²) in [7, 11) is -2.18. The highest BCUT2D eigenvalue weighted by molar-refractivity contribution is 7.89. The van der Waals surface area contributed by atoms with Crippen LogP contribution in [0.4, 0.5) is 5.69 Å². The zero-order valence-corrected chi connectivity index (χ0v) is 13.7. The van der Waals surface area contributed by atoms with Crippen LogP contribution in [0.1, 0.15) is 10.4 Å². The molecule has 0 fully saturated rings. The monoisotopic (exact) mass is 341 g/mol. The summed E-state index contributed by atoms with van der Waals surface area (Å²) in [6.07, 6.45) is 1.58. The quantitative estimate of drug-likeness (QED) is 0.763. The van der Waals surface area contributed by atoms with Crippen molar-refractivity contribution in [2.75, 3.05) is 12.4 Å². The number of benzene rings is 2. The molecule has 6 nitrogen and oxygen atoms in total. The number of sulfonamides is 1. The third kappa shape index (κ3) is 3.27. The van der Waals surface area contributed by atoms with Crippen LogP contribution in [0.15, 0.2) is 65.7 Å². The molecule has 3 aromatic rings. The van der Waals surface area contributed by atoms with Crippen LogP contribution in [0, 0.1) is 0 Å². The van der Waals surface area contributed by atoms with Crippen LogP contribution in [-0.2, 0) is 10.0 Å². The molecule has 24 heavy (non-hydrogen) atoms. The number of rotatable bonds is 4. The van der Waals surface area contributed by atoms with Crippen molar-refractivity contribution >= 4 is 32.5 Å². The van der Waals surface area contributed by atoms with E-state index in [1.165, 1.54) is 31.3 Å². The molecule has 1 amide bonds. The van der Waals surface area contributed by atoms with Gasteiger partial charge >= 0.3 is 0 Å². The number of carbonyl (C=O) groups excluding carboxylic acids is 1. The minimum atomic E-state index is -3.52. The zero-order valence-electron chi connectivity index (χ0n) is 12.9. The Morgan fingerprint density at radius 1 is 1.04 bits per heavy atom. The molecule has 2 N–H and O–H groups in total. The fraction of sp³-hybridized carbons (Fsp3) is 0.0588. The summed E-state index contributed by atoms with van der Waals surface area (Å²) < 4.78 is 25.6. The molecule has 0 atom stereocenters. The molecule has 1 aromatic heterocycles. The fourth-order valence-corrected chi connectivity index (χ4v) is 2.98. The Kier molecular flexibility index (Phi) is 4.28. The number of para-hydroxylation sites is 1. The lowest BCUT2D eigenvalue weighted by Crippen LogP contribution is -2.19. The largest absolute Gasteiger partial charge is 0.321 e. The number of pyridine rings is 1. The Bertz CT molecular complexity index is 999. The lowest BCUT2D eigenvalue weighted by molar-refractivity contribution is 0.102. The van der Waals surface area contributed by atoms with Crippen LogP contribution >= 0.6 is 0 Å². The summed E-state index contributed by atoms with van der Waals surface area (Å²) in [4.78, 5) is 16.7. The molecule has 0 aliphatic carbocycles. The van der Waals surface area contributed by atoms with E-state index in [0.717, 1.165) is 10.9 Å².